The molecule has 3 aromatic carbocycles. The zero-order valence-corrected chi connectivity index (χ0v) is 31.3. The minimum atomic E-state index is 0.328. The number of ether oxygens (including phenoxy) is 6. The molecule has 1 saturated heterocycles. The molecule has 3 heterocycles. The summed E-state index contributed by atoms with van der Waals surface area (Å²) in [6, 6.07) is 22.6. The number of rotatable bonds is 14. The van der Waals surface area contributed by atoms with Crippen molar-refractivity contribution in [2.75, 3.05) is 60.6 Å². The topological polar surface area (TPSA) is 87.6 Å². The molecule has 272 valence electrons. The number of piperidine rings is 1. The van der Waals surface area contributed by atoms with Crippen molar-refractivity contribution in [2.24, 2.45) is 0 Å². The van der Waals surface area contributed by atoms with Crippen molar-refractivity contribution in [1.82, 2.24) is 14.9 Å². The zero-order valence-electron chi connectivity index (χ0n) is 30.5. The molecule has 0 spiro atoms. The molecule has 10 nitrogen and oxygen atoms in total. The van der Waals surface area contributed by atoms with Crippen LogP contribution in [0.3, 0.4) is 0 Å². The number of hydrogen-bond donors (Lipinski definition) is 0. The van der Waals surface area contributed by atoms with E-state index in [0.717, 1.165) is 66.1 Å². The van der Waals surface area contributed by atoms with Crippen LogP contribution in [0.15, 0.2) is 85.3 Å². The van der Waals surface area contributed by atoms with Gasteiger partial charge in [-0.05, 0) is 96.3 Å². The monoisotopic (exact) mass is 724 g/mol. The molecule has 6 rings (SSSR count). The summed E-state index contributed by atoms with van der Waals surface area (Å²) in [5.74, 6) is 3.51. The van der Waals surface area contributed by atoms with E-state index < -0.39 is 0 Å². The van der Waals surface area contributed by atoms with Crippen molar-refractivity contribution >= 4 is 17.3 Å². The lowest BCUT2D eigenvalue weighted by Gasteiger charge is -2.40. The van der Waals surface area contributed by atoms with Gasteiger partial charge in [-0.1, -0.05) is 11.6 Å². The third-order valence-electron chi connectivity index (χ3n) is 9.49. The van der Waals surface area contributed by atoms with Crippen LogP contribution in [0.5, 0.6) is 34.5 Å². The number of methoxy groups -OCH3 is 6. The Hall–Kier alpha value is -5.19. The zero-order chi connectivity index (χ0) is 36.6. The maximum atomic E-state index is 6.33. The molecule has 0 atom stereocenters. The number of pyridine rings is 2. The van der Waals surface area contributed by atoms with E-state index in [-0.39, 0.29) is 0 Å². The Morgan fingerprint density at radius 3 is 1.79 bits per heavy atom. The van der Waals surface area contributed by atoms with Crippen molar-refractivity contribution in [3.05, 3.63) is 101 Å². The molecule has 0 N–H and O–H groups in total. The lowest BCUT2D eigenvalue weighted by atomic mass is 9.99. The molecule has 0 unspecified atom stereocenters. The second-order valence-corrected chi connectivity index (χ2v) is 13.0. The van der Waals surface area contributed by atoms with Gasteiger partial charge in [0.25, 0.3) is 0 Å². The average molecular weight is 725 g/mol. The Morgan fingerprint density at radius 1 is 0.654 bits per heavy atom. The molecule has 1 fully saturated rings. The first-order valence-corrected chi connectivity index (χ1v) is 17.5. The van der Waals surface area contributed by atoms with Crippen molar-refractivity contribution < 1.29 is 28.4 Å². The molecule has 1 aliphatic rings. The standard InChI is InChI=1S/C41H45ClN4O6/c1-47-36-19-29(20-37(48-2)40(36)51-5)31-17-28(23-43-24-31)26-46(33-9-7-32(42)8-10-33)34-12-15-45(16-13-34)25-27-11-14-44-35(18-27)30-21-38(49-3)41(52-6)39(22-30)50-4/h7-11,14,17-24,34H,12-13,15-16,25-26H2,1-6H3. The fourth-order valence-corrected chi connectivity index (χ4v) is 6.97. The van der Waals surface area contributed by atoms with E-state index in [1.165, 1.54) is 5.56 Å². The number of likely N-dealkylation sites (tertiary alicyclic amines) is 1. The van der Waals surface area contributed by atoms with Gasteiger partial charge < -0.3 is 33.3 Å². The minimum absolute atomic E-state index is 0.328. The predicted molar refractivity (Wildman–Crippen MR) is 205 cm³/mol. The highest BCUT2D eigenvalue weighted by molar-refractivity contribution is 6.30. The van der Waals surface area contributed by atoms with Crippen LogP contribution < -0.4 is 33.3 Å². The van der Waals surface area contributed by atoms with Gasteiger partial charge in [0.05, 0.1) is 48.4 Å². The summed E-state index contributed by atoms with van der Waals surface area (Å²) in [4.78, 5) is 14.3. The van der Waals surface area contributed by atoms with Gasteiger partial charge in [0.2, 0.25) is 11.5 Å². The van der Waals surface area contributed by atoms with E-state index in [0.29, 0.717) is 52.1 Å². The van der Waals surface area contributed by atoms with Gasteiger partial charge in [-0.15, -0.1) is 0 Å². The van der Waals surface area contributed by atoms with Crippen molar-refractivity contribution in [2.45, 2.75) is 32.0 Å². The molecular formula is C41H45ClN4O6. The van der Waals surface area contributed by atoms with Gasteiger partial charge in [-0.2, -0.15) is 0 Å². The van der Waals surface area contributed by atoms with E-state index in [1.807, 2.05) is 55.0 Å². The highest BCUT2D eigenvalue weighted by Gasteiger charge is 2.26. The Labute approximate surface area is 310 Å². The van der Waals surface area contributed by atoms with Crippen LogP contribution in [0, 0.1) is 0 Å². The highest BCUT2D eigenvalue weighted by Crippen LogP contribution is 2.42. The first-order chi connectivity index (χ1) is 25.4. The van der Waals surface area contributed by atoms with Crippen LogP contribution in [0.2, 0.25) is 5.02 Å². The maximum absolute atomic E-state index is 6.33. The highest BCUT2D eigenvalue weighted by atomic mass is 35.5. The van der Waals surface area contributed by atoms with Crippen LogP contribution in [0.25, 0.3) is 22.4 Å². The summed E-state index contributed by atoms with van der Waals surface area (Å²) in [5, 5.41) is 0.716. The normalized spacial score (nSPS) is 13.4. The lowest BCUT2D eigenvalue weighted by Crippen LogP contribution is -2.44. The second-order valence-electron chi connectivity index (χ2n) is 12.6. The van der Waals surface area contributed by atoms with E-state index >= 15 is 0 Å². The van der Waals surface area contributed by atoms with Crippen molar-refractivity contribution in [3.8, 4) is 56.9 Å². The van der Waals surface area contributed by atoms with E-state index in [1.54, 1.807) is 42.7 Å². The molecule has 0 aliphatic carbocycles. The summed E-state index contributed by atoms with van der Waals surface area (Å²) >= 11 is 6.33. The fourth-order valence-electron chi connectivity index (χ4n) is 6.85. The number of halogens is 1. The van der Waals surface area contributed by atoms with Crippen molar-refractivity contribution in [3.63, 3.8) is 0 Å². The molecule has 0 saturated carbocycles. The third-order valence-corrected chi connectivity index (χ3v) is 9.74. The summed E-state index contributed by atoms with van der Waals surface area (Å²) in [7, 11) is 9.69. The van der Waals surface area contributed by atoms with Gasteiger partial charge in [0.15, 0.2) is 23.0 Å². The van der Waals surface area contributed by atoms with Crippen LogP contribution in [0.4, 0.5) is 5.69 Å². The molecule has 2 aromatic heterocycles. The number of anilines is 1. The quantitative estimate of drug-likeness (QED) is 0.112. The molecule has 11 heteroatoms. The van der Waals surface area contributed by atoms with Gasteiger partial charge in [-0.25, -0.2) is 0 Å². The number of aromatic nitrogens is 2. The Balaban J connectivity index is 1.19. The Morgan fingerprint density at radius 2 is 1.23 bits per heavy atom. The SMILES string of the molecule is COc1cc(-c2cncc(CN(c3ccc(Cl)cc3)C3CCN(Cc4ccnc(-c5cc(OC)c(OC)c(OC)c5)c4)CC3)c2)cc(OC)c1OC. The molecule has 5 aromatic rings. The van der Waals surface area contributed by atoms with Crippen LogP contribution >= 0.6 is 11.6 Å². The molecule has 52 heavy (non-hydrogen) atoms. The van der Waals surface area contributed by atoms with E-state index in [2.05, 4.69) is 50.1 Å². The van der Waals surface area contributed by atoms with Gasteiger partial charge in [0.1, 0.15) is 0 Å². The number of hydrogen-bond acceptors (Lipinski definition) is 10. The largest absolute Gasteiger partial charge is 0.493 e. The fraction of sp³-hybridized carbons (Fsp3) is 0.317. The summed E-state index contributed by atoms with van der Waals surface area (Å²) in [6.07, 6.45) is 7.68. The Kier molecular flexibility index (Phi) is 11.9. The number of nitrogens with zero attached hydrogens (tertiary/aromatic N) is 4. The summed E-state index contributed by atoms with van der Waals surface area (Å²) in [5.41, 5.74) is 7.07. The first-order valence-electron chi connectivity index (χ1n) is 17.1. The summed E-state index contributed by atoms with van der Waals surface area (Å²) < 4.78 is 33.4. The van der Waals surface area contributed by atoms with Gasteiger partial charge in [-0.3, -0.25) is 14.9 Å². The molecular weight excluding hydrogens is 680 g/mol. The smallest absolute Gasteiger partial charge is 0.203 e. The molecule has 0 radical (unpaired) electrons. The van der Waals surface area contributed by atoms with Gasteiger partial charge >= 0.3 is 0 Å². The minimum Gasteiger partial charge on any atom is -0.493 e. The lowest BCUT2D eigenvalue weighted by molar-refractivity contribution is 0.201. The molecule has 0 amide bonds. The molecule has 0 bridgehead atoms. The maximum Gasteiger partial charge on any atom is 0.203 e. The number of benzene rings is 3. The summed E-state index contributed by atoms with van der Waals surface area (Å²) in [6.45, 7) is 3.44. The van der Waals surface area contributed by atoms with Crippen LogP contribution in [0.1, 0.15) is 24.0 Å². The molecule has 1 aliphatic heterocycles. The third kappa shape index (κ3) is 8.14. The average Bonchev–Trinajstić information content (AvgIpc) is 3.19. The van der Waals surface area contributed by atoms with Crippen LogP contribution in [-0.2, 0) is 13.1 Å². The van der Waals surface area contributed by atoms with E-state index in [4.69, 9.17) is 40.0 Å². The predicted octanol–water partition coefficient (Wildman–Crippen LogP) is 8.19. The first kappa shape index (κ1) is 36.6. The van der Waals surface area contributed by atoms with Gasteiger partial charge in [0, 0.05) is 72.6 Å². The van der Waals surface area contributed by atoms with Crippen molar-refractivity contribution in [1.29, 1.82) is 0 Å². The Bertz CT molecular complexity index is 1920. The second kappa shape index (κ2) is 16.9. The van der Waals surface area contributed by atoms with Crippen LogP contribution in [-0.4, -0.2) is 76.7 Å². The van der Waals surface area contributed by atoms with E-state index in [9.17, 15) is 0 Å².